The van der Waals surface area contributed by atoms with Crippen LogP contribution in [0.3, 0.4) is 0 Å². The van der Waals surface area contributed by atoms with Gasteiger partial charge in [-0.25, -0.2) is 13.1 Å². The maximum Gasteiger partial charge on any atom is 0.241 e. The Labute approximate surface area is 115 Å². The SMILES string of the molecule is COCC(C)NS(=O)(=O)c1c(C)cc(C)c(N)c1C. The molecular weight excluding hydrogens is 264 g/mol. The van der Waals surface area contributed by atoms with E-state index in [1.54, 1.807) is 26.8 Å². The molecule has 0 radical (unpaired) electrons. The van der Waals surface area contributed by atoms with Crippen molar-refractivity contribution in [1.82, 2.24) is 4.72 Å². The molecule has 0 amide bonds. The van der Waals surface area contributed by atoms with Gasteiger partial charge in [-0.3, -0.25) is 0 Å². The van der Waals surface area contributed by atoms with Crippen LogP contribution in [0.4, 0.5) is 5.69 Å². The van der Waals surface area contributed by atoms with Crippen molar-refractivity contribution in [3.8, 4) is 0 Å². The van der Waals surface area contributed by atoms with E-state index in [1.165, 1.54) is 7.11 Å². The van der Waals surface area contributed by atoms with Crippen molar-refractivity contribution < 1.29 is 13.2 Å². The zero-order valence-corrected chi connectivity index (χ0v) is 12.9. The number of nitrogens with two attached hydrogens (primary N) is 1. The zero-order valence-electron chi connectivity index (χ0n) is 12.1. The topological polar surface area (TPSA) is 81.4 Å². The molecule has 3 N–H and O–H groups in total. The monoisotopic (exact) mass is 286 g/mol. The van der Waals surface area contributed by atoms with E-state index in [0.717, 1.165) is 5.56 Å². The molecule has 0 aliphatic heterocycles. The molecule has 1 unspecified atom stereocenters. The van der Waals surface area contributed by atoms with E-state index in [9.17, 15) is 8.42 Å². The first-order valence-electron chi connectivity index (χ1n) is 6.08. The Kier molecular flexibility index (Phi) is 4.95. The van der Waals surface area contributed by atoms with Crippen LogP contribution in [0, 0.1) is 20.8 Å². The number of nitrogen functional groups attached to an aromatic ring is 1. The standard InChI is InChI=1S/C13H22N2O3S/c1-8-6-9(2)13(11(4)12(8)14)19(16,17)15-10(3)7-18-5/h6,10,15H,7,14H2,1-5H3. The van der Waals surface area contributed by atoms with Gasteiger partial charge in [-0.05, 0) is 44.4 Å². The molecule has 0 aliphatic rings. The summed E-state index contributed by atoms with van der Waals surface area (Å²) in [4.78, 5) is 0.263. The Morgan fingerprint density at radius 1 is 1.32 bits per heavy atom. The number of benzene rings is 1. The fourth-order valence-corrected chi connectivity index (χ4v) is 3.91. The molecule has 0 aliphatic carbocycles. The average molecular weight is 286 g/mol. The van der Waals surface area contributed by atoms with Crippen LogP contribution in [-0.2, 0) is 14.8 Å². The molecule has 19 heavy (non-hydrogen) atoms. The summed E-state index contributed by atoms with van der Waals surface area (Å²) in [5.41, 5.74) is 8.62. The number of anilines is 1. The van der Waals surface area contributed by atoms with Crippen LogP contribution in [0.2, 0.25) is 0 Å². The van der Waals surface area contributed by atoms with Gasteiger partial charge in [0.05, 0.1) is 11.5 Å². The van der Waals surface area contributed by atoms with E-state index in [2.05, 4.69) is 4.72 Å². The highest BCUT2D eigenvalue weighted by molar-refractivity contribution is 7.89. The van der Waals surface area contributed by atoms with Gasteiger partial charge < -0.3 is 10.5 Å². The van der Waals surface area contributed by atoms with Crippen molar-refractivity contribution in [1.29, 1.82) is 0 Å². The van der Waals surface area contributed by atoms with Gasteiger partial charge in [0.1, 0.15) is 0 Å². The third-order valence-corrected chi connectivity index (χ3v) is 4.88. The second-order valence-electron chi connectivity index (χ2n) is 4.86. The fourth-order valence-electron chi connectivity index (χ4n) is 2.20. The van der Waals surface area contributed by atoms with Crippen molar-refractivity contribution in [2.24, 2.45) is 0 Å². The summed E-state index contributed by atoms with van der Waals surface area (Å²) in [5, 5.41) is 0. The average Bonchev–Trinajstić information content (AvgIpc) is 2.24. The molecule has 6 heteroatoms. The summed E-state index contributed by atoms with van der Waals surface area (Å²) in [6.07, 6.45) is 0. The molecule has 0 saturated carbocycles. The smallest absolute Gasteiger partial charge is 0.241 e. The van der Waals surface area contributed by atoms with Crippen LogP contribution in [0.25, 0.3) is 0 Å². The van der Waals surface area contributed by atoms with Crippen molar-refractivity contribution in [3.05, 3.63) is 22.8 Å². The van der Waals surface area contributed by atoms with Gasteiger partial charge in [-0.2, -0.15) is 0 Å². The van der Waals surface area contributed by atoms with Crippen LogP contribution in [-0.4, -0.2) is 28.2 Å². The second-order valence-corrected chi connectivity index (χ2v) is 6.51. The molecule has 108 valence electrons. The number of ether oxygens (including phenoxy) is 1. The Morgan fingerprint density at radius 3 is 2.42 bits per heavy atom. The molecule has 1 aromatic rings. The highest BCUT2D eigenvalue weighted by Crippen LogP contribution is 2.27. The van der Waals surface area contributed by atoms with E-state index in [-0.39, 0.29) is 10.9 Å². The van der Waals surface area contributed by atoms with E-state index in [0.29, 0.717) is 23.4 Å². The molecule has 0 aromatic heterocycles. The first-order valence-corrected chi connectivity index (χ1v) is 7.56. The summed E-state index contributed by atoms with van der Waals surface area (Å²) < 4.78 is 32.3. The van der Waals surface area contributed by atoms with Crippen LogP contribution >= 0.6 is 0 Å². The highest BCUT2D eigenvalue weighted by atomic mass is 32.2. The van der Waals surface area contributed by atoms with Gasteiger partial charge in [-0.15, -0.1) is 0 Å². The molecule has 0 saturated heterocycles. The molecule has 1 rings (SSSR count). The first kappa shape index (κ1) is 15.9. The summed E-state index contributed by atoms with van der Waals surface area (Å²) in [7, 11) is -2.06. The van der Waals surface area contributed by atoms with E-state index >= 15 is 0 Å². The van der Waals surface area contributed by atoms with Crippen molar-refractivity contribution in [2.75, 3.05) is 19.5 Å². The number of rotatable bonds is 5. The Bertz CT molecular complexity index is 568. The first-order chi connectivity index (χ1) is 8.70. The van der Waals surface area contributed by atoms with E-state index < -0.39 is 10.0 Å². The lowest BCUT2D eigenvalue weighted by Crippen LogP contribution is -2.36. The summed E-state index contributed by atoms with van der Waals surface area (Å²) >= 11 is 0. The van der Waals surface area contributed by atoms with Crippen molar-refractivity contribution in [3.63, 3.8) is 0 Å². The maximum atomic E-state index is 12.4. The Morgan fingerprint density at radius 2 is 1.89 bits per heavy atom. The number of nitrogens with one attached hydrogen (secondary N) is 1. The largest absolute Gasteiger partial charge is 0.398 e. The lowest BCUT2D eigenvalue weighted by atomic mass is 10.1. The number of hydrogen-bond donors (Lipinski definition) is 2. The third kappa shape index (κ3) is 3.46. The summed E-state index contributed by atoms with van der Waals surface area (Å²) in [6.45, 7) is 7.44. The number of methoxy groups -OCH3 is 1. The minimum absolute atomic E-state index is 0.263. The van der Waals surface area contributed by atoms with Crippen LogP contribution in [0.15, 0.2) is 11.0 Å². The summed E-state index contributed by atoms with van der Waals surface area (Å²) in [5.74, 6) is 0. The maximum absolute atomic E-state index is 12.4. The normalized spacial score (nSPS) is 13.5. The lowest BCUT2D eigenvalue weighted by molar-refractivity contribution is 0.180. The third-order valence-electron chi connectivity index (χ3n) is 3.00. The predicted molar refractivity (Wildman–Crippen MR) is 76.7 cm³/mol. The molecule has 0 heterocycles. The van der Waals surface area contributed by atoms with Crippen molar-refractivity contribution >= 4 is 15.7 Å². The van der Waals surface area contributed by atoms with Crippen molar-refractivity contribution in [2.45, 2.75) is 38.6 Å². The number of sulfonamides is 1. The molecule has 5 nitrogen and oxygen atoms in total. The van der Waals surface area contributed by atoms with Gasteiger partial charge in [0.25, 0.3) is 0 Å². The van der Waals surface area contributed by atoms with Crippen LogP contribution in [0.5, 0.6) is 0 Å². The van der Waals surface area contributed by atoms with Gasteiger partial charge in [0.15, 0.2) is 0 Å². The minimum Gasteiger partial charge on any atom is -0.398 e. The molecule has 0 spiro atoms. The molecule has 0 fully saturated rings. The molecular formula is C13H22N2O3S. The predicted octanol–water partition coefficient (Wildman–Crippen LogP) is 1.51. The fraction of sp³-hybridized carbons (Fsp3) is 0.538. The molecule has 0 bridgehead atoms. The van der Waals surface area contributed by atoms with E-state index in [1.807, 2.05) is 6.92 Å². The number of aryl methyl sites for hydroxylation is 2. The van der Waals surface area contributed by atoms with Gasteiger partial charge in [-0.1, -0.05) is 6.07 Å². The summed E-state index contributed by atoms with van der Waals surface area (Å²) in [6, 6.07) is 1.49. The zero-order chi connectivity index (χ0) is 14.8. The van der Waals surface area contributed by atoms with Gasteiger partial charge in [0.2, 0.25) is 10.0 Å². The van der Waals surface area contributed by atoms with Crippen LogP contribution in [0.1, 0.15) is 23.6 Å². The molecule has 1 aromatic carbocycles. The van der Waals surface area contributed by atoms with Crippen LogP contribution < -0.4 is 10.5 Å². The lowest BCUT2D eigenvalue weighted by Gasteiger charge is -2.18. The minimum atomic E-state index is -3.59. The second kappa shape index (κ2) is 5.90. The van der Waals surface area contributed by atoms with E-state index in [4.69, 9.17) is 10.5 Å². The molecule has 1 atom stereocenters. The Hall–Kier alpha value is -1.11. The van der Waals surface area contributed by atoms with Gasteiger partial charge in [0, 0.05) is 18.8 Å². The Balaban J connectivity index is 3.26. The van der Waals surface area contributed by atoms with Gasteiger partial charge >= 0.3 is 0 Å². The quantitative estimate of drug-likeness (QED) is 0.804. The number of hydrogen-bond acceptors (Lipinski definition) is 4. The highest BCUT2D eigenvalue weighted by Gasteiger charge is 2.23.